The third kappa shape index (κ3) is 3.60. The number of nitrogens with one attached hydrogen (secondary N) is 1. The highest BCUT2D eigenvalue weighted by Crippen LogP contribution is 2.33. The lowest BCUT2D eigenvalue weighted by atomic mass is 10.1. The molecular formula is C21H16ClN5O2. The van der Waals surface area contributed by atoms with E-state index in [-0.39, 0.29) is 6.79 Å². The van der Waals surface area contributed by atoms with Crippen molar-refractivity contribution in [1.29, 1.82) is 0 Å². The van der Waals surface area contributed by atoms with Gasteiger partial charge in [0.25, 0.3) is 0 Å². The Morgan fingerprint density at radius 3 is 2.76 bits per heavy atom. The Morgan fingerprint density at radius 2 is 1.93 bits per heavy atom. The fraction of sp³-hybridized carbons (Fsp3) is 0.0952. The van der Waals surface area contributed by atoms with E-state index in [0.29, 0.717) is 23.3 Å². The van der Waals surface area contributed by atoms with Crippen molar-refractivity contribution in [3.05, 3.63) is 78.0 Å². The average molecular weight is 406 g/mol. The second kappa shape index (κ2) is 7.44. The number of ether oxygens (including phenoxy) is 2. The minimum Gasteiger partial charge on any atom is -0.454 e. The van der Waals surface area contributed by atoms with Crippen LogP contribution in [-0.2, 0) is 6.54 Å². The first-order valence-corrected chi connectivity index (χ1v) is 9.38. The number of aromatic nitrogens is 4. The topological polar surface area (TPSA) is 74.1 Å². The monoisotopic (exact) mass is 405 g/mol. The summed E-state index contributed by atoms with van der Waals surface area (Å²) in [4.78, 5) is 13.3. The van der Waals surface area contributed by atoms with E-state index in [4.69, 9.17) is 26.1 Å². The Hall–Kier alpha value is -3.58. The Kier molecular flexibility index (Phi) is 4.50. The van der Waals surface area contributed by atoms with Crippen molar-refractivity contribution in [2.45, 2.75) is 6.54 Å². The molecule has 0 radical (unpaired) electrons. The summed E-state index contributed by atoms with van der Waals surface area (Å²) in [6.07, 6.45) is 6.96. The first kappa shape index (κ1) is 17.5. The summed E-state index contributed by atoms with van der Waals surface area (Å²) in [5.41, 5.74) is 2.91. The van der Waals surface area contributed by atoms with Gasteiger partial charge in [-0.1, -0.05) is 29.8 Å². The summed E-state index contributed by atoms with van der Waals surface area (Å²) in [5, 5.41) is 4.10. The zero-order valence-corrected chi connectivity index (χ0v) is 16.0. The molecule has 144 valence electrons. The van der Waals surface area contributed by atoms with E-state index in [1.54, 1.807) is 29.5 Å². The molecule has 1 aliphatic heterocycles. The number of imidazole rings is 1. The van der Waals surface area contributed by atoms with Crippen LogP contribution in [-0.4, -0.2) is 26.3 Å². The van der Waals surface area contributed by atoms with Gasteiger partial charge in [0.1, 0.15) is 12.1 Å². The molecule has 1 N–H and O–H groups in total. The number of rotatable bonds is 5. The maximum absolute atomic E-state index is 6.04. The molecule has 0 unspecified atom stereocenters. The molecule has 3 heterocycles. The summed E-state index contributed by atoms with van der Waals surface area (Å²) >= 11 is 6.04. The van der Waals surface area contributed by atoms with Crippen LogP contribution in [0.1, 0.15) is 5.56 Å². The summed E-state index contributed by atoms with van der Waals surface area (Å²) in [5.74, 6) is 2.76. The lowest BCUT2D eigenvalue weighted by Crippen LogP contribution is -2.07. The standard InChI is InChI=1S/C21H16ClN5O2/c22-16-4-2-15(3-5-16)17-11-25-21(27-8-7-23-12-27)26-20(17)24-10-14-1-6-18-19(9-14)29-13-28-18/h1-9,11-12H,10,13H2,(H,24,25,26). The van der Waals surface area contributed by atoms with Crippen LogP contribution in [0.4, 0.5) is 5.82 Å². The highest BCUT2D eigenvalue weighted by Gasteiger charge is 2.14. The van der Waals surface area contributed by atoms with E-state index in [2.05, 4.69) is 15.3 Å². The van der Waals surface area contributed by atoms with Crippen LogP contribution >= 0.6 is 11.6 Å². The number of nitrogens with zero attached hydrogens (tertiary/aromatic N) is 4. The normalized spacial score (nSPS) is 12.2. The van der Waals surface area contributed by atoms with Gasteiger partial charge in [-0.15, -0.1) is 0 Å². The third-order valence-electron chi connectivity index (χ3n) is 4.56. The number of halogens is 1. The van der Waals surface area contributed by atoms with Crippen molar-refractivity contribution in [1.82, 2.24) is 19.5 Å². The SMILES string of the molecule is Clc1ccc(-c2cnc(-n3ccnc3)nc2NCc2ccc3c(c2)OCO3)cc1. The van der Waals surface area contributed by atoms with Crippen molar-refractivity contribution in [2.75, 3.05) is 12.1 Å². The highest BCUT2D eigenvalue weighted by atomic mass is 35.5. The van der Waals surface area contributed by atoms with Gasteiger partial charge in [-0.2, -0.15) is 4.98 Å². The number of benzene rings is 2. The molecule has 0 spiro atoms. The largest absolute Gasteiger partial charge is 0.454 e. The molecule has 0 bridgehead atoms. The van der Waals surface area contributed by atoms with Gasteiger partial charge in [-0.05, 0) is 35.4 Å². The molecule has 1 aliphatic rings. The van der Waals surface area contributed by atoms with Crippen molar-refractivity contribution in [2.24, 2.45) is 0 Å². The van der Waals surface area contributed by atoms with Gasteiger partial charge in [0.2, 0.25) is 12.7 Å². The predicted octanol–water partition coefficient (Wildman–Crippen LogP) is 4.32. The number of hydrogen-bond donors (Lipinski definition) is 1. The van der Waals surface area contributed by atoms with Crippen LogP contribution in [0.2, 0.25) is 5.02 Å². The smallest absolute Gasteiger partial charge is 0.236 e. The Labute approximate surface area is 171 Å². The Morgan fingerprint density at radius 1 is 1.07 bits per heavy atom. The van der Waals surface area contributed by atoms with Crippen LogP contribution in [0, 0.1) is 0 Å². The van der Waals surface area contributed by atoms with E-state index < -0.39 is 0 Å². The molecular weight excluding hydrogens is 390 g/mol. The van der Waals surface area contributed by atoms with E-state index in [1.807, 2.05) is 42.5 Å². The van der Waals surface area contributed by atoms with E-state index in [9.17, 15) is 0 Å². The van der Waals surface area contributed by atoms with Crippen LogP contribution < -0.4 is 14.8 Å². The lowest BCUT2D eigenvalue weighted by molar-refractivity contribution is 0.174. The van der Waals surface area contributed by atoms with E-state index in [1.165, 1.54) is 0 Å². The van der Waals surface area contributed by atoms with Gasteiger partial charge < -0.3 is 14.8 Å². The maximum atomic E-state index is 6.04. The number of fused-ring (bicyclic) bond motifs is 1. The molecule has 0 aliphatic carbocycles. The van der Waals surface area contributed by atoms with Gasteiger partial charge in [0.15, 0.2) is 11.5 Å². The zero-order valence-electron chi connectivity index (χ0n) is 15.2. The molecule has 0 amide bonds. The van der Waals surface area contributed by atoms with Gasteiger partial charge in [0.05, 0.1) is 0 Å². The maximum Gasteiger partial charge on any atom is 0.236 e. The average Bonchev–Trinajstić information content (AvgIpc) is 3.44. The van der Waals surface area contributed by atoms with E-state index >= 15 is 0 Å². The Balaban J connectivity index is 1.48. The predicted molar refractivity (Wildman–Crippen MR) is 109 cm³/mol. The zero-order chi connectivity index (χ0) is 19.6. The second-order valence-corrected chi connectivity index (χ2v) is 6.89. The summed E-state index contributed by atoms with van der Waals surface area (Å²) in [6, 6.07) is 13.5. The number of anilines is 1. The quantitative estimate of drug-likeness (QED) is 0.533. The van der Waals surface area contributed by atoms with E-state index in [0.717, 1.165) is 28.2 Å². The van der Waals surface area contributed by atoms with Crippen LogP contribution in [0.25, 0.3) is 17.1 Å². The van der Waals surface area contributed by atoms with Crippen molar-refractivity contribution < 1.29 is 9.47 Å². The summed E-state index contributed by atoms with van der Waals surface area (Å²) < 4.78 is 12.6. The van der Waals surface area contributed by atoms with Crippen LogP contribution in [0.15, 0.2) is 67.4 Å². The van der Waals surface area contributed by atoms with Gasteiger partial charge in [-0.25, -0.2) is 9.97 Å². The molecule has 5 rings (SSSR count). The Bertz CT molecular complexity index is 1150. The molecule has 0 fully saturated rings. The first-order chi connectivity index (χ1) is 14.3. The third-order valence-corrected chi connectivity index (χ3v) is 4.82. The van der Waals surface area contributed by atoms with Gasteiger partial charge in [-0.3, -0.25) is 4.57 Å². The van der Waals surface area contributed by atoms with Crippen LogP contribution in [0.5, 0.6) is 11.5 Å². The minimum absolute atomic E-state index is 0.257. The fourth-order valence-corrected chi connectivity index (χ4v) is 3.21. The molecule has 2 aromatic heterocycles. The van der Waals surface area contributed by atoms with Crippen molar-refractivity contribution in [3.63, 3.8) is 0 Å². The summed E-state index contributed by atoms with van der Waals surface area (Å²) in [7, 11) is 0. The first-order valence-electron chi connectivity index (χ1n) is 9.00. The molecule has 7 nitrogen and oxygen atoms in total. The minimum atomic E-state index is 0.257. The molecule has 29 heavy (non-hydrogen) atoms. The summed E-state index contributed by atoms with van der Waals surface area (Å²) in [6.45, 7) is 0.824. The fourth-order valence-electron chi connectivity index (χ4n) is 3.09. The van der Waals surface area contributed by atoms with Gasteiger partial charge >= 0.3 is 0 Å². The number of hydrogen-bond acceptors (Lipinski definition) is 6. The molecule has 8 heteroatoms. The molecule has 4 aromatic rings. The van der Waals surface area contributed by atoms with Crippen molar-refractivity contribution >= 4 is 17.4 Å². The molecule has 0 saturated heterocycles. The lowest BCUT2D eigenvalue weighted by Gasteiger charge is -2.13. The highest BCUT2D eigenvalue weighted by molar-refractivity contribution is 6.30. The van der Waals surface area contributed by atoms with Gasteiger partial charge in [0, 0.05) is 35.7 Å². The molecule has 2 aromatic carbocycles. The van der Waals surface area contributed by atoms with Crippen LogP contribution in [0.3, 0.4) is 0 Å². The molecule has 0 saturated carbocycles. The second-order valence-electron chi connectivity index (χ2n) is 6.45. The molecule has 0 atom stereocenters. The van der Waals surface area contributed by atoms with Crippen molar-refractivity contribution in [3.8, 4) is 28.6 Å².